The van der Waals surface area contributed by atoms with Gasteiger partial charge in [0.15, 0.2) is 0 Å². The zero-order chi connectivity index (χ0) is 14.7. The number of rotatable bonds is 3. The van der Waals surface area contributed by atoms with Crippen LogP contribution in [0.3, 0.4) is 0 Å². The minimum absolute atomic E-state index is 0.259. The monoisotopic (exact) mass is 307 g/mol. The molecule has 2 aliphatic heterocycles. The predicted molar refractivity (Wildman–Crippen MR) is 83.7 cm³/mol. The number of piperidine rings is 2. The molecule has 2 atom stereocenters. The Morgan fingerprint density at radius 2 is 2.10 bits per heavy atom. The number of halogens is 1. The molecule has 2 saturated heterocycles. The molecule has 1 aromatic rings. The first-order chi connectivity index (χ1) is 10.2. The summed E-state index contributed by atoms with van der Waals surface area (Å²) < 4.78 is 5.55. The van der Waals surface area contributed by atoms with E-state index < -0.39 is 0 Å². The van der Waals surface area contributed by atoms with E-state index in [0.717, 1.165) is 0 Å². The number of ether oxygens (including phenoxy) is 1. The number of fused-ring (bicyclic) bond motifs is 1. The van der Waals surface area contributed by atoms with Gasteiger partial charge in [0, 0.05) is 17.0 Å². The summed E-state index contributed by atoms with van der Waals surface area (Å²) in [4.78, 5) is 14.7. The summed E-state index contributed by atoms with van der Waals surface area (Å²) in [5.74, 6) is 0.229. The Morgan fingerprint density at radius 3 is 2.95 bits per heavy atom. The Labute approximate surface area is 131 Å². The fourth-order valence-corrected chi connectivity index (χ4v) is 3.84. The van der Waals surface area contributed by atoms with E-state index in [1.54, 1.807) is 24.3 Å². The smallest absolute Gasteiger partial charge is 0.338 e. The molecule has 2 fully saturated rings. The van der Waals surface area contributed by atoms with Crippen LogP contribution >= 0.6 is 11.6 Å². The molecule has 0 spiro atoms. The second-order valence-electron chi connectivity index (χ2n) is 6.11. The van der Waals surface area contributed by atoms with E-state index in [1.165, 1.54) is 45.2 Å². The van der Waals surface area contributed by atoms with Crippen molar-refractivity contribution < 1.29 is 9.53 Å². The quantitative estimate of drug-likeness (QED) is 0.796. The average Bonchev–Trinajstić information content (AvgIpc) is 2.52. The van der Waals surface area contributed by atoms with Gasteiger partial charge in [-0.1, -0.05) is 24.1 Å². The van der Waals surface area contributed by atoms with Gasteiger partial charge in [-0.05, 0) is 57.0 Å². The maximum absolute atomic E-state index is 12.1. The Balaban J connectivity index is 1.57. The molecule has 4 heteroatoms. The molecule has 0 bridgehead atoms. The largest absolute Gasteiger partial charge is 0.462 e. The van der Waals surface area contributed by atoms with Crippen LogP contribution in [0, 0.1) is 5.92 Å². The molecule has 3 rings (SSSR count). The number of hydrogen-bond acceptors (Lipinski definition) is 3. The van der Waals surface area contributed by atoms with Crippen LogP contribution in [-0.2, 0) is 4.74 Å². The molecule has 21 heavy (non-hydrogen) atoms. The molecule has 114 valence electrons. The van der Waals surface area contributed by atoms with Crippen LogP contribution in [0.2, 0.25) is 5.02 Å². The highest BCUT2D eigenvalue weighted by Crippen LogP contribution is 2.31. The van der Waals surface area contributed by atoms with E-state index in [0.29, 0.717) is 29.2 Å². The van der Waals surface area contributed by atoms with Gasteiger partial charge in [0.25, 0.3) is 0 Å². The molecule has 1 aromatic carbocycles. The van der Waals surface area contributed by atoms with E-state index in [-0.39, 0.29) is 5.97 Å². The molecule has 0 N–H and O–H groups in total. The minimum Gasteiger partial charge on any atom is -0.462 e. The molecule has 2 heterocycles. The fourth-order valence-electron chi connectivity index (χ4n) is 3.65. The van der Waals surface area contributed by atoms with Crippen molar-refractivity contribution in [3.63, 3.8) is 0 Å². The first-order valence-corrected chi connectivity index (χ1v) is 8.28. The zero-order valence-corrected chi connectivity index (χ0v) is 13.0. The van der Waals surface area contributed by atoms with Crippen LogP contribution in [0.4, 0.5) is 0 Å². The topological polar surface area (TPSA) is 29.5 Å². The molecule has 2 aliphatic rings. The summed E-state index contributed by atoms with van der Waals surface area (Å²) in [6.45, 7) is 2.96. The van der Waals surface area contributed by atoms with Crippen molar-refractivity contribution in [2.75, 3.05) is 19.7 Å². The van der Waals surface area contributed by atoms with Gasteiger partial charge in [0.05, 0.1) is 12.2 Å². The molecular formula is C17H22ClNO2. The third kappa shape index (κ3) is 3.58. The van der Waals surface area contributed by atoms with Gasteiger partial charge in [-0.15, -0.1) is 0 Å². The van der Waals surface area contributed by atoms with E-state index in [1.807, 2.05) is 0 Å². The van der Waals surface area contributed by atoms with Gasteiger partial charge < -0.3 is 4.74 Å². The van der Waals surface area contributed by atoms with Gasteiger partial charge in [0.2, 0.25) is 0 Å². The number of benzene rings is 1. The highest BCUT2D eigenvalue weighted by atomic mass is 35.5. The van der Waals surface area contributed by atoms with Crippen molar-refractivity contribution in [3.8, 4) is 0 Å². The SMILES string of the molecule is O=C(OCC1CCCN2CCCCC12)c1cccc(Cl)c1. The lowest BCUT2D eigenvalue weighted by Gasteiger charge is -2.44. The van der Waals surface area contributed by atoms with Crippen molar-refractivity contribution in [1.29, 1.82) is 0 Å². The number of carbonyl (C=O) groups is 1. The number of carbonyl (C=O) groups excluding carboxylic acids is 1. The van der Waals surface area contributed by atoms with Gasteiger partial charge in [-0.25, -0.2) is 4.79 Å². The number of nitrogens with zero attached hydrogens (tertiary/aromatic N) is 1. The van der Waals surface area contributed by atoms with Gasteiger partial charge in [-0.2, -0.15) is 0 Å². The Bertz CT molecular complexity index is 503. The Morgan fingerprint density at radius 1 is 1.24 bits per heavy atom. The summed E-state index contributed by atoms with van der Waals surface area (Å²) in [5.41, 5.74) is 0.541. The van der Waals surface area contributed by atoms with Gasteiger partial charge >= 0.3 is 5.97 Å². The molecule has 0 amide bonds. The Kier molecular flexibility index (Phi) is 4.81. The summed E-state index contributed by atoms with van der Waals surface area (Å²) >= 11 is 5.91. The third-order valence-corrected chi connectivity index (χ3v) is 4.95. The van der Waals surface area contributed by atoms with Crippen LogP contribution in [0.5, 0.6) is 0 Å². The van der Waals surface area contributed by atoms with Crippen LogP contribution in [0.1, 0.15) is 42.5 Å². The van der Waals surface area contributed by atoms with Crippen LogP contribution in [0.25, 0.3) is 0 Å². The summed E-state index contributed by atoms with van der Waals surface area (Å²) in [6, 6.07) is 7.57. The highest BCUT2D eigenvalue weighted by Gasteiger charge is 2.33. The lowest BCUT2D eigenvalue weighted by Crippen LogP contribution is -2.49. The van der Waals surface area contributed by atoms with Crippen molar-refractivity contribution >= 4 is 17.6 Å². The lowest BCUT2D eigenvalue weighted by molar-refractivity contribution is 0.00739. The Hall–Kier alpha value is -1.06. The van der Waals surface area contributed by atoms with E-state index in [2.05, 4.69) is 4.90 Å². The maximum Gasteiger partial charge on any atom is 0.338 e. The molecule has 0 aromatic heterocycles. The first-order valence-electron chi connectivity index (χ1n) is 7.91. The van der Waals surface area contributed by atoms with Crippen LogP contribution < -0.4 is 0 Å². The van der Waals surface area contributed by atoms with E-state index >= 15 is 0 Å². The third-order valence-electron chi connectivity index (χ3n) is 4.72. The molecular weight excluding hydrogens is 286 g/mol. The fraction of sp³-hybridized carbons (Fsp3) is 0.588. The number of hydrogen-bond donors (Lipinski definition) is 0. The standard InChI is InChI=1S/C17H22ClNO2/c18-15-7-3-5-13(11-15)17(20)21-12-14-6-4-10-19-9-2-1-8-16(14)19/h3,5,7,11,14,16H,1-2,4,6,8-10,12H2. The minimum atomic E-state index is -0.259. The molecule has 0 aliphatic carbocycles. The van der Waals surface area contributed by atoms with Crippen molar-refractivity contribution in [2.45, 2.75) is 38.1 Å². The summed E-state index contributed by atoms with van der Waals surface area (Å²) in [7, 11) is 0. The molecule has 3 nitrogen and oxygen atoms in total. The summed E-state index contributed by atoms with van der Waals surface area (Å²) in [6.07, 6.45) is 6.25. The van der Waals surface area contributed by atoms with E-state index in [4.69, 9.17) is 16.3 Å². The second kappa shape index (κ2) is 6.80. The molecule has 0 radical (unpaired) electrons. The highest BCUT2D eigenvalue weighted by molar-refractivity contribution is 6.30. The van der Waals surface area contributed by atoms with Crippen LogP contribution in [-0.4, -0.2) is 36.6 Å². The molecule has 0 saturated carbocycles. The number of esters is 1. The van der Waals surface area contributed by atoms with E-state index in [9.17, 15) is 4.79 Å². The van der Waals surface area contributed by atoms with Gasteiger partial charge in [-0.3, -0.25) is 4.90 Å². The first kappa shape index (κ1) is 14.9. The summed E-state index contributed by atoms with van der Waals surface area (Å²) in [5, 5.41) is 0.570. The predicted octanol–water partition coefficient (Wildman–Crippen LogP) is 3.76. The lowest BCUT2D eigenvalue weighted by atomic mass is 9.84. The molecule has 2 unspecified atom stereocenters. The van der Waals surface area contributed by atoms with Crippen molar-refractivity contribution in [2.24, 2.45) is 5.92 Å². The normalized spacial score (nSPS) is 26.1. The maximum atomic E-state index is 12.1. The van der Waals surface area contributed by atoms with Crippen molar-refractivity contribution in [1.82, 2.24) is 4.90 Å². The zero-order valence-electron chi connectivity index (χ0n) is 12.3. The van der Waals surface area contributed by atoms with Crippen LogP contribution in [0.15, 0.2) is 24.3 Å². The average molecular weight is 308 g/mol. The van der Waals surface area contributed by atoms with Gasteiger partial charge in [0.1, 0.15) is 0 Å². The van der Waals surface area contributed by atoms with Crippen molar-refractivity contribution in [3.05, 3.63) is 34.9 Å². The second-order valence-corrected chi connectivity index (χ2v) is 6.55.